The van der Waals surface area contributed by atoms with Crippen molar-refractivity contribution in [2.24, 2.45) is 17.8 Å². The maximum atomic E-state index is 12.6. The molecule has 0 bridgehead atoms. The normalized spacial score (nSPS) is 29.8. The zero-order valence-corrected chi connectivity index (χ0v) is 26.6. The standard InChI is InChI=1S/C32H53NO9/c1-19(18-32(7)30(42-32)22(4)29(39-8)23(5)34)11-9-12-20(2)28-21(3)14-15-25(41-28)17-27(36)33-26(31(37)38)13-10-16-40-24(6)35/h9,11-12,19,21-23,25-26,28-30,34H,10,13-18H2,1-8H3,(H,33,36)(H,37,38)/b11-9+,20-12+/t19-,21+,22-,23-,25-,26+,28-,29-,30-,32-/m1/s1. The Kier molecular flexibility index (Phi) is 14.1. The molecule has 3 N–H and O–H groups in total. The second-order valence-corrected chi connectivity index (χ2v) is 12.5. The number of carboxylic acid groups (broad SMARTS) is 1. The van der Waals surface area contributed by atoms with E-state index in [0.29, 0.717) is 12.3 Å². The largest absolute Gasteiger partial charge is 0.480 e. The number of esters is 1. The quantitative estimate of drug-likeness (QED) is 0.0976. The predicted octanol–water partition coefficient (Wildman–Crippen LogP) is 4.19. The number of allylic oxidation sites excluding steroid dienone is 3. The number of aliphatic carboxylic acids is 1. The van der Waals surface area contributed by atoms with Gasteiger partial charge >= 0.3 is 11.9 Å². The first kappa shape index (κ1) is 35.9. The number of epoxide rings is 1. The summed E-state index contributed by atoms with van der Waals surface area (Å²) in [7, 11) is 1.62. The van der Waals surface area contributed by atoms with Gasteiger partial charge in [-0.15, -0.1) is 0 Å². The van der Waals surface area contributed by atoms with Crippen LogP contribution in [0, 0.1) is 17.8 Å². The Hall–Kier alpha value is -2.27. The number of methoxy groups -OCH3 is 1. The summed E-state index contributed by atoms with van der Waals surface area (Å²) in [5.41, 5.74) is 0.829. The first-order valence-electron chi connectivity index (χ1n) is 15.2. The molecule has 2 heterocycles. The number of amides is 1. The minimum absolute atomic E-state index is 0.0438. The van der Waals surface area contributed by atoms with Crippen LogP contribution < -0.4 is 5.32 Å². The second kappa shape index (κ2) is 16.5. The van der Waals surface area contributed by atoms with E-state index in [1.165, 1.54) is 6.92 Å². The van der Waals surface area contributed by atoms with Gasteiger partial charge in [-0.25, -0.2) is 4.79 Å². The van der Waals surface area contributed by atoms with E-state index in [4.69, 9.17) is 18.9 Å². The summed E-state index contributed by atoms with van der Waals surface area (Å²) in [6.45, 7) is 13.7. The zero-order valence-electron chi connectivity index (χ0n) is 26.6. The summed E-state index contributed by atoms with van der Waals surface area (Å²) in [6.07, 6.45) is 8.17. The van der Waals surface area contributed by atoms with Crippen LogP contribution in [0.4, 0.5) is 0 Å². The van der Waals surface area contributed by atoms with E-state index in [9.17, 15) is 24.6 Å². The van der Waals surface area contributed by atoms with Gasteiger partial charge in [0.05, 0.1) is 49.1 Å². The molecule has 0 aromatic heterocycles. The average molecular weight is 596 g/mol. The number of carbonyl (C=O) groups is 3. The van der Waals surface area contributed by atoms with Gasteiger partial charge in [0.25, 0.3) is 0 Å². The van der Waals surface area contributed by atoms with E-state index in [1.807, 2.05) is 6.92 Å². The van der Waals surface area contributed by atoms with Crippen LogP contribution in [0.2, 0.25) is 0 Å². The van der Waals surface area contributed by atoms with Gasteiger partial charge < -0.3 is 34.5 Å². The van der Waals surface area contributed by atoms with Gasteiger partial charge in [-0.2, -0.15) is 0 Å². The summed E-state index contributed by atoms with van der Waals surface area (Å²) in [5.74, 6) is -1.25. The van der Waals surface area contributed by atoms with Crippen molar-refractivity contribution in [2.75, 3.05) is 13.7 Å². The molecule has 0 aromatic carbocycles. The molecule has 0 spiro atoms. The van der Waals surface area contributed by atoms with Gasteiger partial charge in [0, 0.05) is 20.0 Å². The number of hydrogen-bond acceptors (Lipinski definition) is 8. The van der Waals surface area contributed by atoms with Gasteiger partial charge in [0.15, 0.2) is 0 Å². The lowest BCUT2D eigenvalue weighted by molar-refractivity contribution is -0.143. The molecule has 2 aliphatic heterocycles. The Labute approximate surface area is 251 Å². The molecular formula is C32H53NO9. The number of carbonyl (C=O) groups excluding carboxylic acids is 2. The third-order valence-corrected chi connectivity index (χ3v) is 8.45. The molecular weight excluding hydrogens is 542 g/mol. The lowest BCUT2D eigenvalue weighted by atomic mass is 9.85. The average Bonchev–Trinajstić information content (AvgIpc) is 3.56. The highest BCUT2D eigenvalue weighted by Gasteiger charge is 2.56. The fourth-order valence-corrected chi connectivity index (χ4v) is 6.24. The molecule has 10 atom stereocenters. The van der Waals surface area contributed by atoms with E-state index >= 15 is 0 Å². The van der Waals surface area contributed by atoms with Crippen molar-refractivity contribution in [1.29, 1.82) is 0 Å². The number of carboxylic acids is 1. The number of aliphatic hydroxyl groups excluding tert-OH is 1. The predicted molar refractivity (Wildman–Crippen MR) is 159 cm³/mol. The molecule has 2 rings (SSSR count). The van der Waals surface area contributed by atoms with Crippen molar-refractivity contribution in [3.8, 4) is 0 Å². The van der Waals surface area contributed by atoms with E-state index in [1.54, 1.807) is 14.0 Å². The maximum Gasteiger partial charge on any atom is 0.326 e. The molecule has 2 saturated heterocycles. The summed E-state index contributed by atoms with van der Waals surface area (Å²) in [6, 6.07) is -1.04. The third-order valence-electron chi connectivity index (χ3n) is 8.45. The highest BCUT2D eigenvalue weighted by Crippen LogP contribution is 2.47. The van der Waals surface area contributed by atoms with Crippen molar-refractivity contribution in [2.45, 2.75) is 129 Å². The summed E-state index contributed by atoms with van der Waals surface area (Å²) < 4.78 is 22.7. The minimum atomic E-state index is -1.12. The van der Waals surface area contributed by atoms with Crippen LogP contribution in [0.5, 0.6) is 0 Å². The molecule has 10 heteroatoms. The van der Waals surface area contributed by atoms with Crippen LogP contribution in [-0.4, -0.2) is 83.9 Å². The first-order valence-corrected chi connectivity index (χ1v) is 15.2. The van der Waals surface area contributed by atoms with Crippen LogP contribution >= 0.6 is 0 Å². The SMILES string of the molecule is CO[C@H]([C@@H](C)[C@H]1O[C@]1(C)C[C@H](C)/C=C/C=C(\C)[C@H]1O[C@@H](CC(=O)N[C@@H](CCCOC(C)=O)C(=O)O)CC[C@@H]1C)[C@@H](C)O. The molecule has 0 radical (unpaired) electrons. The van der Waals surface area contributed by atoms with Gasteiger partial charge in [0.1, 0.15) is 6.04 Å². The Morgan fingerprint density at radius 2 is 1.86 bits per heavy atom. The monoisotopic (exact) mass is 595 g/mol. The summed E-state index contributed by atoms with van der Waals surface area (Å²) in [5, 5.41) is 22.1. The second-order valence-electron chi connectivity index (χ2n) is 12.5. The van der Waals surface area contributed by atoms with Crippen LogP contribution in [-0.2, 0) is 33.3 Å². The van der Waals surface area contributed by atoms with Crippen LogP contribution in [0.25, 0.3) is 0 Å². The molecule has 10 nitrogen and oxygen atoms in total. The lowest BCUT2D eigenvalue weighted by Crippen LogP contribution is -2.43. The van der Waals surface area contributed by atoms with E-state index in [0.717, 1.165) is 24.8 Å². The molecule has 42 heavy (non-hydrogen) atoms. The fraction of sp³-hybridized carbons (Fsp3) is 0.781. The van der Waals surface area contributed by atoms with Crippen molar-refractivity contribution in [3.63, 3.8) is 0 Å². The first-order chi connectivity index (χ1) is 19.7. The Morgan fingerprint density at radius 3 is 2.45 bits per heavy atom. The molecule has 0 saturated carbocycles. The summed E-state index contributed by atoms with van der Waals surface area (Å²) >= 11 is 0. The van der Waals surface area contributed by atoms with Crippen LogP contribution in [0.3, 0.4) is 0 Å². The Balaban J connectivity index is 1.87. The van der Waals surface area contributed by atoms with Crippen LogP contribution in [0.15, 0.2) is 23.8 Å². The van der Waals surface area contributed by atoms with Gasteiger partial charge in [-0.05, 0) is 70.3 Å². The molecule has 2 aliphatic rings. The maximum absolute atomic E-state index is 12.6. The van der Waals surface area contributed by atoms with Crippen LogP contribution in [0.1, 0.15) is 87.0 Å². The molecule has 0 aliphatic carbocycles. The highest BCUT2D eigenvalue weighted by atomic mass is 16.6. The molecule has 1 amide bonds. The highest BCUT2D eigenvalue weighted by molar-refractivity contribution is 5.83. The Bertz CT molecular complexity index is 964. The number of ether oxygens (including phenoxy) is 4. The molecule has 0 aromatic rings. The number of aliphatic hydroxyl groups is 1. The van der Waals surface area contributed by atoms with E-state index in [2.05, 4.69) is 51.2 Å². The zero-order chi connectivity index (χ0) is 31.6. The lowest BCUT2D eigenvalue weighted by Gasteiger charge is -2.35. The number of nitrogens with one attached hydrogen (secondary N) is 1. The third kappa shape index (κ3) is 11.1. The Morgan fingerprint density at radius 1 is 1.17 bits per heavy atom. The van der Waals surface area contributed by atoms with E-state index < -0.39 is 24.1 Å². The molecule has 0 unspecified atom stereocenters. The van der Waals surface area contributed by atoms with E-state index in [-0.39, 0.29) is 67.2 Å². The number of hydrogen-bond donors (Lipinski definition) is 3. The molecule has 240 valence electrons. The van der Waals surface area contributed by atoms with Crippen molar-refractivity contribution >= 4 is 17.8 Å². The molecule has 2 fully saturated rings. The number of rotatable bonds is 17. The summed E-state index contributed by atoms with van der Waals surface area (Å²) in [4.78, 5) is 35.1. The topological polar surface area (TPSA) is 144 Å². The smallest absolute Gasteiger partial charge is 0.326 e. The minimum Gasteiger partial charge on any atom is -0.480 e. The van der Waals surface area contributed by atoms with Crippen molar-refractivity contribution < 1.29 is 43.5 Å². The van der Waals surface area contributed by atoms with Gasteiger partial charge in [0.2, 0.25) is 5.91 Å². The van der Waals surface area contributed by atoms with Crippen molar-refractivity contribution in [3.05, 3.63) is 23.8 Å². The van der Waals surface area contributed by atoms with Gasteiger partial charge in [-0.1, -0.05) is 39.0 Å². The van der Waals surface area contributed by atoms with Crippen molar-refractivity contribution in [1.82, 2.24) is 5.32 Å². The van der Waals surface area contributed by atoms with Gasteiger partial charge in [-0.3, -0.25) is 9.59 Å². The fourth-order valence-electron chi connectivity index (χ4n) is 6.24.